The lowest BCUT2D eigenvalue weighted by Gasteiger charge is -2.71. The Kier molecular flexibility index (Phi) is 4.98. The van der Waals surface area contributed by atoms with E-state index in [-0.39, 0.29) is 27.1 Å². The second kappa shape index (κ2) is 7.26. The molecular formula is C33H47NO2. The summed E-state index contributed by atoms with van der Waals surface area (Å²) < 4.78 is 0. The predicted octanol–water partition coefficient (Wildman–Crippen LogP) is 7.98. The number of carboxylic acid groups (broad SMARTS) is 1. The molecular weight excluding hydrogens is 442 g/mol. The Morgan fingerprint density at radius 1 is 0.889 bits per heavy atom. The molecule has 5 aliphatic carbocycles. The molecule has 1 N–H and O–H groups in total. The summed E-state index contributed by atoms with van der Waals surface area (Å²) in [5.41, 5.74) is 4.29. The summed E-state index contributed by atoms with van der Waals surface area (Å²) in [5, 5.41) is 10.6. The third kappa shape index (κ3) is 2.87. The maximum absolute atomic E-state index is 12.8. The highest BCUT2D eigenvalue weighted by Crippen LogP contribution is 2.75. The van der Waals surface area contributed by atoms with Gasteiger partial charge in [0.2, 0.25) is 0 Å². The first-order valence-electron chi connectivity index (χ1n) is 14.6. The molecule has 36 heavy (non-hydrogen) atoms. The summed E-state index contributed by atoms with van der Waals surface area (Å²) in [6.07, 6.45) is 14.1. The fourth-order valence-electron chi connectivity index (χ4n) is 11.3. The number of carbonyl (C=O) groups is 1. The molecule has 3 nitrogen and oxygen atoms in total. The van der Waals surface area contributed by atoms with Crippen molar-refractivity contribution in [3.05, 3.63) is 41.2 Å². The van der Waals surface area contributed by atoms with Crippen LogP contribution in [0.2, 0.25) is 0 Å². The molecule has 1 aromatic heterocycles. The Morgan fingerprint density at radius 3 is 2.33 bits per heavy atom. The minimum Gasteiger partial charge on any atom is -0.481 e. The SMILES string of the molecule is CC1(C)C=C2[C@H]3CC[C@@H]4[C@@]5(C)Cc6cccnc6C(C)(C)[C@@H]5CC[C@@]4(C)[C@]3(C)CC[C@@]2(C(=O)O)CC1. The molecule has 5 aliphatic rings. The molecule has 0 bridgehead atoms. The van der Waals surface area contributed by atoms with Crippen LogP contribution in [0.25, 0.3) is 0 Å². The van der Waals surface area contributed by atoms with E-state index in [0.29, 0.717) is 17.8 Å². The highest BCUT2D eigenvalue weighted by atomic mass is 16.4. The van der Waals surface area contributed by atoms with Crippen molar-refractivity contribution in [1.82, 2.24) is 4.98 Å². The molecule has 196 valence electrons. The zero-order valence-corrected chi connectivity index (χ0v) is 23.7. The van der Waals surface area contributed by atoms with Gasteiger partial charge in [-0.05, 0) is 109 Å². The Hall–Kier alpha value is -1.64. The van der Waals surface area contributed by atoms with Crippen LogP contribution in [0, 0.1) is 44.8 Å². The molecule has 3 fully saturated rings. The summed E-state index contributed by atoms with van der Waals surface area (Å²) in [4.78, 5) is 17.8. The molecule has 0 radical (unpaired) electrons. The first-order chi connectivity index (χ1) is 16.7. The topological polar surface area (TPSA) is 50.2 Å². The van der Waals surface area contributed by atoms with E-state index in [4.69, 9.17) is 4.98 Å². The standard InChI is InChI=1S/C33H47NO2/c1-28(2)14-16-33(27(35)36)17-15-31(6)22(23(33)20-28)10-11-25-30(5)19-21-9-8-18-34-26(21)29(3,4)24(30)12-13-32(25,31)7/h8-9,18,20,22,24-25H,10-17,19H2,1-7H3,(H,35,36)/t22-,24+,25-,30+,31-,32-,33+/m1/s1. The van der Waals surface area contributed by atoms with Crippen molar-refractivity contribution in [2.45, 2.75) is 112 Å². The van der Waals surface area contributed by atoms with Crippen LogP contribution in [0.1, 0.15) is 111 Å². The van der Waals surface area contributed by atoms with E-state index < -0.39 is 11.4 Å². The second-order valence-corrected chi connectivity index (χ2v) is 15.5. The predicted molar refractivity (Wildman–Crippen MR) is 145 cm³/mol. The second-order valence-electron chi connectivity index (χ2n) is 15.5. The van der Waals surface area contributed by atoms with E-state index in [0.717, 1.165) is 38.5 Å². The van der Waals surface area contributed by atoms with Gasteiger partial charge in [-0.3, -0.25) is 9.78 Å². The van der Waals surface area contributed by atoms with Gasteiger partial charge in [0.05, 0.1) is 5.41 Å². The first kappa shape index (κ1) is 24.7. The molecule has 0 saturated heterocycles. The molecule has 0 unspecified atom stereocenters. The molecule has 6 rings (SSSR count). The maximum Gasteiger partial charge on any atom is 0.313 e. The number of hydrogen-bond acceptors (Lipinski definition) is 2. The lowest BCUT2D eigenvalue weighted by molar-refractivity contribution is -0.201. The van der Waals surface area contributed by atoms with Gasteiger partial charge in [0.25, 0.3) is 0 Å². The smallest absolute Gasteiger partial charge is 0.313 e. The zero-order chi connectivity index (χ0) is 25.9. The monoisotopic (exact) mass is 489 g/mol. The van der Waals surface area contributed by atoms with Crippen molar-refractivity contribution in [1.29, 1.82) is 0 Å². The molecule has 0 aromatic carbocycles. The molecule has 7 atom stereocenters. The number of hydrogen-bond donors (Lipinski definition) is 1. The Balaban J connectivity index is 1.45. The van der Waals surface area contributed by atoms with E-state index in [9.17, 15) is 9.90 Å². The van der Waals surface area contributed by atoms with Gasteiger partial charge < -0.3 is 5.11 Å². The van der Waals surface area contributed by atoms with Crippen LogP contribution < -0.4 is 0 Å². The van der Waals surface area contributed by atoms with Crippen LogP contribution >= 0.6 is 0 Å². The minimum absolute atomic E-state index is 0.0869. The average molecular weight is 490 g/mol. The molecule has 3 heteroatoms. The largest absolute Gasteiger partial charge is 0.481 e. The van der Waals surface area contributed by atoms with E-state index in [1.807, 2.05) is 6.20 Å². The van der Waals surface area contributed by atoms with Gasteiger partial charge in [-0.15, -0.1) is 0 Å². The van der Waals surface area contributed by atoms with E-state index in [2.05, 4.69) is 66.7 Å². The fraction of sp³-hybridized carbons (Fsp3) is 0.758. The number of carboxylic acids is 1. The Labute approximate surface area is 218 Å². The minimum atomic E-state index is -0.624. The van der Waals surface area contributed by atoms with Gasteiger partial charge in [-0.25, -0.2) is 0 Å². The summed E-state index contributed by atoms with van der Waals surface area (Å²) >= 11 is 0. The van der Waals surface area contributed by atoms with Crippen LogP contribution in [0.4, 0.5) is 0 Å². The number of aromatic nitrogens is 1. The van der Waals surface area contributed by atoms with Crippen molar-refractivity contribution < 1.29 is 9.90 Å². The van der Waals surface area contributed by atoms with Crippen LogP contribution in [0.3, 0.4) is 0 Å². The third-order valence-corrected chi connectivity index (χ3v) is 13.2. The quantitative estimate of drug-likeness (QED) is 0.407. The van der Waals surface area contributed by atoms with E-state index in [1.54, 1.807) is 0 Å². The van der Waals surface area contributed by atoms with Gasteiger partial charge in [0, 0.05) is 17.3 Å². The molecule has 3 saturated carbocycles. The molecule has 0 aliphatic heterocycles. The molecule has 0 amide bonds. The van der Waals surface area contributed by atoms with Crippen LogP contribution in [0.5, 0.6) is 0 Å². The van der Waals surface area contributed by atoms with Crippen LogP contribution in [-0.2, 0) is 16.6 Å². The van der Waals surface area contributed by atoms with Crippen molar-refractivity contribution in [3.63, 3.8) is 0 Å². The van der Waals surface area contributed by atoms with Gasteiger partial charge >= 0.3 is 5.97 Å². The highest BCUT2D eigenvalue weighted by molar-refractivity contribution is 5.80. The average Bonchev–Trinajstić information content (AvgIpc) is 2.78. The summed E-state index contributed by atoms with van der Waals surface area (Å²) in [7, 11) is 0. The normalized spacial score (nSPS) is 46.2. The molecule has 1 aromatic rings. The number of pyridine rings is 1. The van der Waals surface area contributed by atoms with Gasteiger partial charge in [-0.2, -0.15) is 0 Å². The zero-order valence-electron chi connectivity index (χ0n) is 23.7. The number of rotatable bonds is 1. The van der Waals surface area contributed by atoms with Crippen LogP contribution in [-0.4, -0.2) is 16.1 Å². The number of allylic oxidation sites excluding steroid dienone is 1. The van der Waals surface area contributed by atoms with Crippen molar-refractivity contribution >= 4 is 5.97 Å². The first-order valence-corrected chi connectivity index (χ1v) is 14.6. The summed E-state index contributed by atoms with van der Waals surface area (Å²) in [6.45, 7) is 17.3. The van der Waals surface area contributed by atoms with Gasteiger partial charge in [-0.1, -0.05) is 66.2 Å². The van der Waals surface area contributed by atoms with E-state index >= 15 is 0 Å². The number of fused-ring (bicyclic) bond motifs is 8. The lowest BCUT2D eigenvalue weighted by Crippen LogP contribution is -2.66. The maximum atomic E-state index is 12.8. The van der Waals surface area contributed by atoms with Crippen LogP contribution in [0.15, 0.2) is 30.0 Å². The summed E-state index contributed by atoms with van der Waals surface area (Å²) in [5.74, 6) is 1.13. The molecule has 1 heterocycles. The Bertz CT molecular complexity index is 1150. The fourth-order valence-corrected chi connectivity index (χ4v) is 11.3. The third-order valence-electron chi connectivity index (χ3n) is 13.2. The number of nitrogens with zero attached hydrogens (tertiary/aromatic N) is 1. The van der Waals surface area contributed by atoms with Crippen molar-refractivity contribution in [2.24, 2.45) is 44.8 Å². The lowest BCUT2D eigenvalue weighted by atomic mass is 9.32. The summed E-state index contributed by atoms with van der Waals surface area (Å²) in [6, 6.07) is 4.46. The van der Waals surface area contributed by atoms with Gasteiger partial charge in [0.1, 0.15) is 0 Å². The van der Waals surface area contributed by atoms with Gasteiger partial charge in [0.15, 0.2) is 0 Å². The Morgan fingerprint density at radius 2 is 1.61 bits per heavy atom. The highest BCUT2D eigenvalue weighted by Gasteiger charge is 2.69. The van der Waals surface area contributed by atoms with Crippen molar-refractivity contribution in [3.8, 4) is 0 Å². The number of aliphatic carboxylic acids is 1. The van der Waals surface area contributed by atoms with Crippen molar-refractivity contribution in [2.75, 3.05) is 0 Å². The van der Waals surface area contributed by atoms with E-state index in [1.165, 1.54) is 36.1 Å². The molecule has 0 spiro atoms.